The number of ether oxygens (including phenoxy) is 1. The lowest BCUT2D eigenvalue weighted by Crippen LogP contribution is -2.11. The van der Waals surface area contributed by atoms with Gasteiger partial charge in [-0.2, -0.15) is 0 Å². The van der Waals surface area contributed by atoms with Crippen LogP contribution in [0.5, 0.6) is 0 Å². The Bertz CT molecular complexity index is 644. The highest BCUT2D eigenvalue weighted by Crippen LogP contribution is 2.25. The van der Waals surface area contributed by atoms with Gasteiger partial charge < -0.3 is 9.53 Å². The van der Waals surface area contributed by atoms with Crippen LogP contribution in [0.4, 0.5) is 0 Å². The molecule has 0 radical (unpaired) electrons. The maximum absolute atomic E-state index is 11.8. The van der Waals surface area contributed by atoms with Crippen LogP contribution in [0.2, 0.25) is 0 Å². The third-order valence-corrected chi connectivity index (χ3v) is 4.27. The fourth-order valence-electron chi connectivity index (χ4n) is 2.02. The van der Waals surface area contributed by atoms with Gasteiger partial charge in [-0.1, -0.05) is 0 Å². The molecule has 0 saturated carbocycles. The summed E-state index contributed by atoms with van der Waals surface area (Å²) >= 11 is 0. The molecule has 0 heterocycles. The number of benzene rings is 1. The smallest absolute Gasteiger partial charge is 0.338 e. The van der Waals surface area contributed by atoms with Crippen LogP contribution in [0.3, 0.4) is 0 Å². The number of Topliss-reactive ketones (excluding diaryl/α,β-unsaturated/α-hetero) is 1. The monoisotopic (exact) mass is 298 g/mol. The van der Waals surface area contributed by atoms with E-state index < -0.39 is 15.8 Å². The topological polar surface area (TPSA) is 77.5 Å². The van der Waals surface area contributed by atoms with E-state index in [2.05, 4.69) is 4.74 Å². The Balaban J connectivity index is 3.45. The number of hydrogen-bond acceptors (Lipinski definition) is 5. The van der Waals surface area contributed by atoms with Crippen LogP contribution < -0.4 is 0 Å². The summed E-state index contributed by atoms with van der Waals surface area (Å²) in [5.74, 6) is -0.557. The largest absolute Gasteiger partial charge is 0.465 e. The van der Waals surface area contributed by atoms with Crippen LogP contribution in [-0.2, 0) is 25.8 Å². The fraction of sp³-hybridized carbons (Fsp3) is 0.429. The third-order valence-electron chi connectivity index (χ3n) is 3.09. The molecule has 110 valence electrons. The molecule has 0 atom stereocenters. The number of sulfone groups is 1. The molecule has 0 fully saturated rings. The predicted molar refractivity (Wildman–Crippen MR) is 74.6 cm³/mol. The zero-order valence-electron chi connectivity index (χ0n) is 12.0. The van der Waals surface area contributed by atoms with Gasteiger partial charge in [0.2, 0.25) is 0 Å². The van der Waals surface area contributed by atoms with E-state index in [0.717, 1.165) is 6.26 Å². The molecule has 0 spiro atoms. The Kier molecular flexibility index (Phi) is 5.05. The summed E-state index contributed by atoms with van der Waals surface area (Å²) in [5.41, 5.74) is 1.37. The summed E-state index contributed by atoms with van der Waals surface area (Å²) in [6.07, 6.45) is 1.62. The number of ketones is 1. The van der Waals surface area contributed by atoms with Crippen molar-refractivity contribution >= 4 is 21.6 Å². The normalized spacial score (nSPS) is 11.2. The van der Waals surface area contributed by atoms with Crippen LogP contribution in [0.1, 0.15) is 34.8 Å². The van der Waals surface area contributed by atoms with Crippen LogP contribution in [0, 0.1) is 6.92 Å². The molecule has 1 aromatic carbocycles. The highest BCUT2D eigenvalue weighted by atomic mass is 32.2. The molecule has 0 unspecified atom stereocenters. The number of methoxy groups -OCH3 is 1. The van der Waals surface area contributed by atoms with Crippen molar-refractivity contribution in [3.05, 3.63) is 28.8 Å². The van der Waals surface area contributed by atoms with Crippen LogP contribution in [-0.4, -0.2) is 33.5 Å². The molecule has 0 aliphatic heterocycles. The molecule has 0 aliphatic rings. The van der Waals surface area contributed by atoms with Crippen molar-refractivity contribution in [3.8, 4) is 0 Å². The number of hydrogen-bond donors (Lipinski definition) is 0. The van der Waals surface area contributed by atoms with E-state index in [0.29, 0.717) is 16.7 Å². The van der Waals surface area contributed by atoms with Crippen molar-refractivity contribution in [1.29, 1.82) is 0 Å². The minimum Gasteiger partial charge on any atom is -0.465 e. The van der Waals surface area contributed by atoms with E-state index in [1.807, 2.05) is 0 Å². The van der Waals surface area contributed by atoms with Gasteiger partial charge in [0.1, 0.15) is 5.78 Å². The van der Waals surface area contributed by atoms with Gasteiger partial charge in [-0.05, 0) is 43.5 Å². The van der Waals surface area contributed by atoms with E-state index >= 15 is 0 Å². The number of carbonyl (C=O) groups excluding carboxylic acids is 2. The lowest BCUT2D eigenvalue weighted by atomic mass is 9.98. The minimum atomic E-state index is -3.42. The maximum Gasteiger partial charge on any atom is 0.338 e. The Morgan fingerprint density at radius 1 is 1.25 bits per heavy atom. The second kappa shape index (κ2) is 6.17. The van der Waals surface area contributed by atoms with E-state index in [-0.39, 0.29) is 23.5 Å². The summed E-state index contributed by atoms with van der Waals surface area (Å²) in [6.45, 7) is 3.11. The molecule has 5 nitrogen and oxygen atoms in total. The molecular weight excluding hydrogens is 280 g/mol. The zero-order chi connectivity index (χ0) is 15.5. The highest BCUT2D eigenvalue weighted by Gasteiger charge is 2.20. The van der Waals surface area contributed by atoms with Gasteiger partial charge in [-0.3, -0.25) is 0 Å². The Morgan fingerprint density at radius 2 is 1.85 bits per heavy atom. The summed E-state index contributed by atoms with van der Waals surface area (Å²) in [5, 5.41) is 0. The van der Waals surface area contributed by atoms with Crippen molar-refractivity contribution in [2.75, 3.05) is 13.4 Å². The fourth-order valence-corrected chi connectivity index (χ4v) is 3.04. The molecule has 6 heteroatoms. The number of carbonyl (C=O) groups is 2. The summed E-state index contributed by atoms with van der Waals surface area (Å²) in [4.78, 5) is 22.9. The lowest BCUT2D eigenvalue weighted by molar-refractivity contribution is -0.116. The van der Waals surface area contributed by atoms with Gasteiger partial charge in [0.25, 0.3) is 0 Å². The van der Waals surface area contributed by atoms with Gasteiger partial charge in [0, 0.05) is 12.7 Å². The predicted octanol–water partition coefficient (Wildman–Crippen LogP) is 1.71. The first-order valence-electron chi connectivity index (χ1n) is 6.08. The standard InChI is InChI=1S/C14H18O5S/c1-9(15)5-6-11-10(2)12(14(16)19-3)7-8-13(11)20(4,17)18/h7-8H,5-6H2,1-4H3. The number of rotatable bonds is 5. The maximum atomic E-state index is 11.8. The first-order valence-corrected chi connectivity index (χ1v) is 7.98. The molecule has 20 heavy (non-hydrogen) atoms. The second-order valence-corrected chi connectivity index (χ2v) is 6.66. The van der Waals surface area contributed by atoms with Gasteiger partial charge in [0.15, 0.2) is 9.84 Å². The number of esters is 1. The Hall–Kier alpha value is -1.69. The zero-order valence-corrected chi connectivity index (χ0v) is 12.8. The SMILES string of the molecule is COC(=O)c1ccc(S(C)(=O)=O)c(CCC(C)=O)c1C. The molecule has 1 aromatic rings. The van der Waals surface area contributed by atoms with Gasteiger partial charge in [-0.25, -0.2) is 13.2 Å². The second-order valence-electron chi connectivity index (χ2n) is 4.68. The van der Waals surface area contributed by atoms with Crippen molar-refractivity contribution in [3.63, 3.8) is 0 Å². The van der Waals surface area contributed by atoms with Gasteiger partial charge in [0.05, 0.1) is 17.6 Å². The molecule has 1 rings (SSSR count). The first-order chi connectivity index (χ1) is 9.18. The van der Waals surface area contributed by atoms with Gasteiger partial charge in [-0.15, -0.1) is 0 Å². The van der Waals surface area contributed by atoms with Crippen LogP contribution in [0.25, 0.3) is 0 Å². The van der Waals surface area contributed by atoms with Crippen molar-refractivity contribution in [2.45, 2.75) is 31.6 Å². The van der Waals surface area contributed by atoms with E-state index in [4.69, 9.17) is 0 Å². The average Bonchev–Trinajstić information content (AvgIpc) is 2.34. The highest BCUT2D eigenvalue weighted by molar-refractivity contribution is 7.90. The van der Waals surface area contributed by atoms with Crippen LogP contribution in [0.15, 0.2) is 17.0 Å². The van der Waals surface area contributed by atoms with E-state index in [1.165, 1.54) is 26.2 Å². The molecule has 0 bridgehead atoms. The van der Waals surface area contributed by atoms with Gasteiger partial charge >= 0.3 is 5.97 Å². The van der Waals surface area contributed by atoms with Crippen molar-refractivity contribution in [1.82, 2.24) is 0 Å². The minimum absolute atomic E-state index is 0.0349. The molecule has 0 aliphatic carbocycles. The molecular formula is C14H18O5S. The summed E-state index contributed by atoms with van der Waals surface area (Å²) < 4.78 is 28.3. The quantitative estimate of drug-likeness (QED) is 0.773. The van der Waals surface area contributed by atoms with Crippen molar-refractivity contribution in [2.24, 2.45) is 0 Å². The lowest BCUT2D eigenvalue weighted by Gasteiger charge is -2.14. The summed E-state index contributed by atoms with van der Waals surface area (Å²) in [6, 6.07) is 2.83. The van der Waals surface area contributed by atoms with E-state index in [1.54, 1.807) is 6.92 Å². The first kappa shape index (κ1) is 16.4. The van der Waals surface area contributed by atoms with Crippen LogP contribution >= 0.6 is 0 Å². The Labute approximate surface area is 118 Å². The molecule has 0 amide bonds. The molecule has 0 N–H and O–H groups in total. The summed E-state index contributed by atoms with van der Waals surface area (Å²) in [7, 11) is -2.15. The van der Waals surface area contributed by atoms with Crippen molar-refractivity contribution < 1.29 is 22.7 Å². The van der Waals surface area contributed by atoms with E-state index in [9.17, 15) is 18.0 Å². The average molecular weight is 298 g/mol. The third kappa shape index (κ3) is 3.66. The Morgan fingerprint density at radius 3 is 2.30 bits per heavy atom. The molecule has 0 saturated heterocycles. The molecule has 0 aromatic heterocycles.